The minimum atomic E-state index is -1.09. The Bertz CT molecular complexity index is 1380. The van der Waals surface area contributed by atoms with Gasteiger partial charge in [-0.3, -0.25) is 14.5 Å². The molecule has 3 unspecified atom stereocenters. The highest BCUT2D eigenvalue weighted by Crippen LogP contribution is 2.49. The largest absolute Gasteiger partial charge is 0.493 e. The van der Waals surface area contributed by atoms with Gasteiger partial charge in [0.1, 0.15) is 21.9 Å². The van der Waals surface area contributed by atoms with E-state index in [1.807, 2.05) is 18.7 Å². The molecule has 1 aromatic heterocycles. The molecular weight excluding hydrogens is 564 g/mol. The van der Waals surface area contributed by atoms with E-state index in [0.717, 1.165) is 6.42 Å². The van der Waals surface area contributed by atoms with Crippen molar-refractivity contribution in [1.82, 2.24) is 10.2 Å². The summed E-state index contributed by atoms with van der Waals surface area (Å²) in [4.78, 5) is 39.5. The first-order chi connectivity index (χ1) is 19.6. The van der Waals surface area contributed by atoms with Crippen LogP contribution in [0.5, 0.6) is 11.5 Å². The van der Waals surface area contributed by atoms with Crippen LogP contribution in [-0.2, 0) is 14.4 Å². The van der Waals surface area contributed by atoms with E-state index >= 15 is 0 Å². The SMILES string of the molecule is COc1ccc(-c2ccc(/C=C3\SC(=S)N(C4CC5CCC4C5)C3=O)o2)cc1OCC(=O)N[C@@H](CC(C)C)C(=O)O. The van der Waals surface area contributed by atoms with Gasteiger partial charge in [0.25, 0.3) is 11.8 Å². The molecule has 1 aromatic carbocycles. The van der Waals surface area contributed by atoms with E-state index in [-0.39, 0.29) is 24.5 Å². The van der Waals surface area contributed by atoms with Gasteiger partial charge in [0.2, 0.25) is 0 Å². The molecule has 0 spiro atoms. The van der Waals surface area contributed by atoms with Crippen LogP contribution >= 0.6 is 24.0 Å². The summed E-state index contributed by atoms with van der Waals surface area (Å²) >= 11 is 6.91. The average molecular weight is 599 g/mol. The summed E-state index contributed by atoms with van der Waals surface area (Å²) in [5.41, 5.74) is 0.679. The fourth-order valence-corrected chi connectivity index (χ4v) is 7.38. The van der Waals surface area contributed by atoms with Crippen molar-refractivity contribution in [3.63, 3.8) is 0 Å². The maximum Gasteiger partial charge on any atom is 0.326 e. The van der Waals surface area contributed by atoms with E-state index in [4.69, 9.17) is 26.1 Å². The van der Waals surface area contributed by atoms with Crippen LogP contribution in [0.3, 0.4) is 0 Å². The van der Waals surface area contributed by atoms with Crippen molar-refractivity contribution in [2.75, 3.05) is 13.7 Å². The number of hydrogen-bond acceptors (Lipinski definition) is 8. The first-order valence-corrected chi connectivity index (χ1v) is 15.1. The summed E-state index contributed by atoms with van der Waals surface area (Å²) in [7, 11) is 1.49. The number of hydrogen-bond donors (Lipinski definition) is 2. The lowest BCUT2D eigenvalue weighted by Gasteiger charge is -2.30. The normalized spacial score (nSPS) is 23.5. The standard InChI is InChI=1S/C30H34N2O7S2/c1-16(2)10-21(29(35)36)31-27(33)15-38-25-13-19(6-8-24(25)37-3)23-9-7-20(39-23)14-26-28(34)32(30(40)41-26)22-12-17-4-5-18(22)11-17/h6-9,13-14,16-18,21-22H,4-5,10-12,15H2,1-3H3,(H,31,33)(H,35,36)/b26-14-/t17?,18?,21-,22?/m0/s1. The Morgan fingerprint density at radius 3 is 2.68 bits per heavy atom. The maximum absolute atomic E-state index is 13.3. The van der Waals surface area contributed by atoms with Gasteiger partial charge in [-0.1, -0.05) is 44.2 Å². The van der Waals surface area contributed by atoms with Crippen molar-refractivity contribution in [3.8, 4) is 22.8 Å². The van der Waals surface area contributed by atoms with E-state index in [2.05, 4.69) is 5.32 Å². The molecule has 9 nitrogen and oxygen atoms in total. The second-order valence-electron chi connectivity index (χ2n) is 11.2. The topological polar surface area (TPSA) is 118 Å². The van der Waals surface area contributed by atoms with Gasteiger partial charge >= 0.3 is 5.97 Å². The lowest BCUT2D eigenvalue weighted by atomic mass is 9.94. The minimum Gasteiger partial charge on any atom is -0.493 e. The number of carbonyl (C=O) groups excluding carboxylic acids is 2. The number of aliphatic carboxylic acids is 1. The van der Waals surface area contributed by atoms with E-state index in [1.54, 1.807) is 36.4 Å². The zero-order chi connectivity index (χ0) is 29.3. The Hall–Kier alpha value is -3.31. The first kappa shape index (κ1) is 29.2. The van der Waals surface area contributed by atoms with Gasteiger partial charge in [-0.25, -0.2) is 4.79 Å². The summed E-state index contributed by atoms with van der Waals surface area (Å²) in [5.74, 6) is 1.46. The number of furan rings is 1. The van der Waals surface area contributed by atoms with Gasteiger partial charge in [-0.15, -0.1) is 0 Å². The number of carbonyl (C=O) groups is 3. The number of thioether (sulfide) groups is 1. The molecule has 2 aromatic rings. The van der Waals surface area contributed by atoms with E-state index < -0.39 is 17.9 Å². The molecule has 11 heteroatoms. The second-order valence-corrected chi connectivity index (χ2v) is 12.9. The highest BCUT2D eigenvalue weighted by molar-refractivity contribution is 8.26. The van der Waals surface area contributed by atoms with Crippen molar-refractivity contribution >= 4 is 52.2 Å². The van der Waals surface area contributed by atoms with E-state index in [0.29, 0.717) is 56.1 Å². The van der Waals surface area contributed by atoms with Crippen LogP contribution in [0.2, 0.25) is 0 Å². The number of rotatable bonds is 11. The monoisotopic (exact) mass is 598 g/mol. The molecule has 218 valence electrons. The number of amides is 2. The smallest absolute Gasteiger partial charge is 0.326 e. The number of nitrogens with zero attached hydrogens (tertiary/aromatic N) is 1. The van der Waals surface area contributed by atoms with E-state index in [1.165, 1.54) is 38.1 Å². The number of nitrogens with one attached hydrogen (secondary N) is 1. The predicted molar refractivity (Wildman–Crippen MR) is 159 cm³/mol. The third-order valence-corrected chi connectivity index (χ3v) is 9.23. The molecule has 2 N–H and O–H groups in total. The van der Waals surface area contributed by atoms with Crippen LogP contribution in [0.15, 0.2) is 39.7 Å². The summed E-state index contributed by atoms with van der Waals surface area (Å²) in [6.45, 7) is 3.40. The van der Waals surface area contributed by atoms with Gasteiger partial charge in [0.05, 0.1) is 12.0 Å². The van der Waals surface area contributed by atoms with Gasteiger partial charge < -0.3 is 24.3 Å². The Kier molecular flexibility index (Phi) is 8.74. The number of ether oxygens (including phenoxy) is 2. The number of methoxy groups -OCH3 is 1. The highest BCUT2D eigenvalue weighted by atomic mass is 32.2. The van der Waals surface area contributed by atoms with Crippen LogP contribution in [0.4, 0.5) is 0 Å². The summed E-state index contributed by atoms with van der Waals surface area (Å²) < 4.78 is 17.8. The lowest BCUT2D eigenvalue weighted by Crippen LogP contribution is -2.43. The van der Waals surface area contributed by atoms with Crippen molar-refractivity contribution < 1.29 is 33.4 Å². The number of benzene rings is 1. The predicted octanol–water partition coefficient (Wildman–Crippen LogP) is 5.34. The van der Waals surface area contributed by atoms with Gasteiger partial charge in [-0.2, -0.15) is 0 Å². The minimum absolute atomic E-state index is 0.0487. The summed E-state index contributed by atoms with van der Waals surface area (Å²) in [6.07, 6.45) is 6.71. The second kappa shape index (κ2) is 12.3. The molecule has 2 heterocycles. The fourth-order valence-electron chi connectivity index (χ4n) is 6.02. The Labute approximate surface area is 248 Å². The third-order valence-electron chi connectivity index (χ3n) is 7.90. The van der Waals surface area contributed by atoms with Gasteiger partial charge in [0.15, 0.2) is 18.1 Å². The van der Waals surface area contributed by atoms with Crippen molar-refractivity contribution in [3.05, 3.63) is 41.0 Å². The molecule has 3 fully saturated rings. The number of fused-ring (bicyclic) bond motifs is 2. The Morgan fingerprint density at radius 1 is 1.22 bits per heavy atom. The molecule has 41 heavy (non-hydrogen) atoms. The van der Waals surface area contributed by atoms with Crippen LogP contribution < -0.4 is 14.8 Å². The zero-order valence-corrected chi connectivity index (χ0v) is 24.9. The molecule has 2 amide bonds. The Balaban J connectivity index is 1.26. The molecular formula is C30H34N2O7S2. The number of thiocarbonyl (C=S) groups is 1. The van der Waals surface area contributed by atoms with E-state index in [9.17, 15) is 19.5 Å². The maximum atomic E-state index is 13.3. The summed E-state index contributed by atoms with van der Waals surface area (Å²) in [5, 5.41) is 11.9. The highest BCUT2D eigenvalue weighted by Gasteiger charge is 2.48. The molecule has 4 atom stereocenters. The van der Waals surface area contributed by atoms with Crippen molar-refractivity contribution in [2.45, 2.75) is 58.0 Å². The molecule has 2 saturated carbocycles. The average Bonchev–Trinajstić information content (AvgIpc) is 3.72. The molecule has 5 rings (SSSR count). The first-order valence-electron chi connectivity index (χ1n) is 13.8. The zero-order valence-electron chi connectivity index (χ0n) is 23.3. The van der Waals surface area contributed by atoms with Crippen molar-refractivity contribution in [1.29, 1.82) is 0 Å². The van der Waals surface area contributed by atoms with Crippen LogP contribution in [0.25, 0.3) is 17.4 Å². The Morgan fingerprint density at radius 2 is 2.02 bits per heavy atom. The van der Waals surface area contributed by atoms with Gasteiger partial charge in [0, 0.05) is 17.7 Å². The molecule has 2 bridgehead atoms. The third kappa shape index (κ3) is 6.46. The molecule has 1 aliphatic heterocycles. The van der Waals surface area contributed by atoms with Crippen LogP contribution in [0, 0.1) is 17.8 Å². The number of carboxylic acid groups (broad SMARTS) is 1. The lowest BCUT2D eigenvalue weighted by molar-refractivity contribution is -0.142. The summed E-state index contributed by atoms with van der Waals surface area (Å²) in [6, 6.07) is 7.99. The van der Waals surface area contributed by atoms with Crippen LogP contribution in [0.1, 0.15) is 51.7 Å². The quantitative estimate of drug-likeness (QED) is 0.261. The molecule has 1 saturated heterocycles. The van der Waals surface area contributed by atoms with Crippen LogP contribution in [-0.4, -0.2) is 57.9 Å². The fraction of sp³-hybridized carbons (Fsp3) is 0.467. The van der Waals surface area contributed by atoms with Gasteiger partial charge in [-0.05, 0) is 73.8 Å². The molecule has 2 aliphatic carbocycles. The molecule has 3 aliphatic rings. The number of carboxylic acids is 1. The molecule has 0 radical (unpaired) electrons. The van der Waals surface area contributed by atoms with Crippen molar-refractivity contribution in [2.24, 2.45) is 17.8 Å².